The van der Waals surface area contributed by atoms with Crippen molar-refractivity contribution < 1.29 is 13.3 Å². The predicted molar refractivity (Wildman–Crippen MR) is 74.9 cm³/mol. The third-order valence-electron chi connectivity index (χ3n) is 3.64. The average Bonchev–Trinajstić information content (AvgIpc) is 2.47. The second-order valence-corrected chi connectivity index (χ2v) is 6.90. The number of nitriles is 1. The third-order valence-corrected chi connectivity index (χ3v) is 5.65. The minimum absolute atomic E-state index is 0.0599. The van der Waals surface area contributed by atoms with E-state index in [-0.39, 0.29) is 28.6 Å². The van der Waals surface area contributed by atoms with Gasteiger partial charge in [0.2, 0.25) is 10.0 Å². The van der Waals surface area contributed by atoms with E-state index in [0.29, 0.717) is 19.4 Å². The van der Waals surface area contributed by atoms with Gasteiger partial charge in [-0.2, -0.15) is 9.57 Å². The summed E-state index contributed by atoms with van der Waals surface area (Å²) in [7, 11) is -3.81. The van der Waals surface area contributed by atoms with Crippen molar-refractivity contribution in [3.8, 4) is 6.07 Å². The van der Waals surface area contributed by atoms with E-state index in [1.165, 1.54) is 29.4 Å². The average molecular weight is 309 g/mol. The van der Waals surface area contributed by atoms with Crippen molar-refractivity contribution in [2.45, 2.75) is 24.7 Å². The van der Waals surface area contributed by atoms with E-state index in [2.05, 4.69) is 6.07 Å². The molecule has 0 aromatic heterocycles. The molecule has 112 valence electrons. The van der Waals surface area contributed by atoms with Crippen LogP contribution in [0.4, 0.5) is 5.69 Å². The molecule has 0 N–H and O–H groups in total. The Bertz CT molecular complexity index is 709. The summed E-state index contributed by atoms with van der Waals surface area (Å²) in [6.07, 6.45) is 1.29. The molecule has 0 spiro atoms. The van der Waals surface area contributed by atoms with Gasteiger partial charge in [0.25, 0.3) is 5.69 Å². The summed E-state index contributed by atoms with van der Waals surface area (Å²) < 4.78 is 26.5. The summed E-state index contributed by atoms with van der Waals surface area (Å²) in [4.78, 5) is 10.3. The van der Waals surface area contributed by atoms with Crippen LogP contribution in [-0.4, -0.2) is 30.7 Å². The van der Waals surface area contributed by atoms with Crippen molar-refractivity contribution >= 4 is 15.7 Å². The van der Waals surface area contributed by atoms with Crippen LogP contribution >= 0.6 is 0 Å². The molecule has 8 heteroatoms. The minimum atomic E-state index is -3.81. The van der Waals surface area contributed by atoms with E-state index < -0.39 is 14.9 Å². The van der Waals surface area contributed by atoms with Gasteiger partial charge in [-0.25, -0.2) is 8.42 Å². The largest absolute Gasteiger partial charge is 0.273 e. The first kappa shape index (κ1) is 15.4. The summed E-state index contributed by atoms with van der Waals surface area (Å²) >= 11 is 0. The van der Waals surface area contributed by atoms with Crippen molar-refractivity contribution in [2.24, 2.45) is 5.92 Å². The van der Waals surface area contributed by atoms with E-state index in [4.69, 9.17) is 5.26 Å². The lowest BCUT2D eigenvalue weighted by Crippen LogP contribution is -2.39. The van der Waals surface area contributed by atoms with Crippen LogP contribution in [0.2, 0.25) is 0 Å². The molecule has 7 nitrogen and oxygen atoms in total. The fourth-order valence-electron chi connectivity index (χ4n) is 2.49. The Labute approximate surface area is 123 Å². The molecular weight excluding hydrogens is 294 g/mol. The first-order chi connectivity index (χ1) is 9.87. The second-order valence-electron chi connectivity index (χ2n) is 4.99. The van der Waals surface area contributed by atoms with Crippen LogP contribution in [0, 0.1) is 34.3 Å². The molecule has 1 aliphatic rings. The van der Waals surface area contributed by atoms with Crippen molar-refractivity contribution in [3.05, 3.63) is 33.9 Å². The number of nitro groups is 1. The Balaban J connectivity index is 2.43. The Morgan fingerprint density at radius 3 is 2.81 bits per heavy atom. The molecule has 1 aliphatic heterocycles. The number of benzene rings is 1. The van der Waals surface area contributed by atoms with Crippen LogP contribution in [0.25, 0.3) is 0 Å². The van der Waals surface area contributed by atoms with Crippen LogP contribution in [0.5, 0.6) is 0 Å². The molecule has 0 radical (unpaired) electrons. The van der Waals surface area contributed by atoms with Crippen molar-refractivity contribution in [1.29, 1.82) is 5.26 Å². The number of piperidine rings is 1. The van der Waals surface area contributed by atoms with Gasteiger partial charge >= 0.3 is 0 Å². The highest BCUT2D eigenvalue weighted by Gasteiger charge is 2.32. The van der Waals surface area contributed by atoms with Crippen LogP contribution in [0.15, 0.2) is 23.1 Å². The zero-order chi connectivity index (χ0) is 15.6. The van der Waals surface area contributed by atoms with Gasteiger partial charge in [-0.15, -0.1) is 0 Å². The van der Waals surface area contributed by atoms with Gasteiger partial charge in [-0.05, 0) is 25.8 Å². The van der Waals surface area contributed by atoms with Gasteiger partial charge in [-0.3, -0.25) is 10.1 Å². The summed E-state index contributed by atoms with van der Waals surface area (Å²) in [6.45, 7) is 1.90. The highest BCUT2D eigenvalue weighted by atomic mass is 32.2. The number of hydrogen-bond donors (Lipinski definition) is 0. The van der Waals surface area contributed by atoms with E-state index in [9.17, 15) is 18.5 Å². The van der Waals surface area contributed by atoms with E-state index >= 15 is 0 Å². The van der Waals surface area contributed by atoms with Crippen LogP contribution < -0.4 is 0 Å². The fraction of sp³-hybridized carbons (Fsp3) is 0.462. The Hall–Kier alpha value is -1.98. The van der Waals surface area contributed by atoms with Gasteiger partial charge in [0.15, 0.2) is 0 Å². The van der Waals surface area contributed by atoms with Gasteiger partial charge in [0.1, 0.15) is 0 Å². The molecule has 1 unspecified atom stereocenters. The number of hydrogen-bond acceptors (Lipinski definition) is 5. The number of nitro benzene ring substituents is 1. The standard InChI is InChI=1S/C13H15N3O4S/c1-10-12(16(17)18)5-2-6-13(10)21(19,20)15-7-3-4-11(8-14)9-15/h2,5-6,11H,3-4,7,9H2,1H3. The quantitative estimate of drug-likeness (QED) is 0.625. The molecule has 2 rings (SSSR count). The molecule has 0 amide bonds. The molecule has 0 aliphatic carbocycles. The zero-order valence-electron chi connectivity index (χ0n) is 11.5. The maximum atomic E-state index is 12.6. The molecule has 1 saturated heterocycles. The van der Waals surface area contributed by atoms with Gasteiger partial charge in [0, 0.05) is 24.7 Å². The number of sulfonamides is 1. The summed E-state index contributed by atoms with van der Waals surface area (Å²) in [6, 6.07) is 6.10. The lowest BCUT2D eigenvalue weighted by atomic mass is 10.0. The van der Waals surface area contributed by atoms with E-state index in [0.717, 1.165) is 0 Å². The van der Waals surface area contributed by atoms with E-state index in [1.807, 2.05) is 0 Å². The highest BCUT2D eigenvalue weighted by Crippen LogP contribution is 2.29. The minimum Gasteiger partial charge on any atom is -0.258 e. The second kappa shape index (κ2) is 5.79. The fourth-order valence-corrected chi connectivity index (χ4v) is 4.25. The van der Waals surface area contributed by atoms with Crippen LogP contribution in [0.3, 0.4) is 0 Å². The first-order valence-electron chi connectivity index (χ1n) is 6.51. The molecule has 1 fully saturated rings. The summed E-state index contributed by atoms with van der Waals surface area (Å²) in [5, 5.41) is 19.9. The molecule has 1 atom stereocenters. The topological polar surface area (TPSA) is 104 Å². The summed E-state index contributed by atoms with van der Waals surface area (Å²) in [5.41, 5.74) is -0.0912. The SMILES string of the molecule is Cc1c([N+](=O)[O-])cccc1S(=O)(=O)N1CCCC(C#N)C1. The van der Waals surface area contributed by atoms with Gasteiger partial charge < -0.3 is 0 Å². The van der Waals surface area contributed by atoms with Gasteiger partial charge in [0.05, 0.1) is 21.8 Å². The molecule has 0 bridgehead atoms. The smallest absolute Gasteiger partial charge is 0.258 e. The first-order valence-corrected chi connectivity index (χ1v) is 7.95. The van der Waals surface area contributed by atoms with Crippen LogP contribution in [0.1, 0.15) is 18.4 Å². The van der Waals surface area contributed by atoms with Crippen molar-refractivity contribution in [1.82, 2.24) is 4.31 Å². The lowest BCUT2D eigenvalue weighted by Gasteiger charge is -2.29. The zero-order valence-corrected chi connectivity index (χ0v) is 12.3. The molecular formula is C13H15N3O4S. The summed E-state index contributed by atoms with van der Waals surface area (Å²) in [5.74, 6) is -0.326. The lowest BCUT2D eigenvalue weighted by molar-refractivity contribution is -0.385. The van der Waals surface area contributed by atoms with Crippen LogP contribution in [-0.2, 0) is 10.0 Å². The number of rotatable bonds is 3. The number of nitrogens with zero attached hydrogens (tertiary/aromatic N) is 3. The predicted octanol–water partition coefficient (Wildman–Crippen LogP) is 1.83. The Kier molecular flexibility index (Phi) is 4.25. The molecule has 1 aromatic carbocycles. The van der Waals surface area contributed by atoms with Crippen molar-refractivity contribution in [2.75, 3.05) is 13.1 Å². The Morgan fingerprint density at radius 2 is 2.19 bits per heavy atom. The molecule has 21 heavy (non-hydrogen) atoms. The maximum absolute atomic E-state index is 12.6. The maximum Gasteiger partial charge on any atom is 0.273 e. The highest BCUT2D eigenvalue weighted by molar-refractivity contribution is 7.89. The third kappa shape index (κ3) is 2.89. The van der Waals surface area contributed by atoms with Crippen molar-refractivity contribution in [3.63, 3.8) is 0 Å². The molecule has 1 heterocycles. The Morgan fingerprint density at radius 1 is 1.48 bits per heavy atom. The monoisotopic (exact) mass is 309 g/mol. The molecule has 1 aromatic rings. The molecule has 0 saturated carbocycles. The van der Waals surface area contributed by atoms with Gasteiger partial charge in [-0.1, -0.05) is 6.07 Å². The van der Waals surface area contributed by atoms with E-state index in [1.54, 1.807) is 0 Å². The normalized spacial score (nSPS) is 19.9.